The van der Waals surface area contributed by atoms with E-state index >= 15 is 0 Å². The number of nitrogens with zero attached hydrogens (tertiary/aromatic N) is 2. The van der Waals surface area contributed by atoms with Crippen LogP contribution in [0.5, 0.6) is 5.75 Å². The fraction of sp³-hybridized carbons (Fsp3) is 0.632. The average Bonchev–Trinajstić information content (AvgIpc) is 2.73. The average molecular weight is 476 g/mol. The Labute approximate surface area is 183 Å². The van der Waals surface area contributed by atoms with Gasteiger partial charge in [0.25, 0.3) is 0 Å². The molecule has 3 rings (SSSR count). The first kappa shape index (κ1) is 23.6. The SMILES string of the molecule is CCOC(=O)N1CCC(NS(=O)(=O)c2cc(N3CCCCS3(=O)=O)ccc2OC)CC1. The number of rotatable bonds is 6. The zero-order chi connectivity index (χ0) is 22.6. The van der Waals surface area contributed by atoms with Crippen molar-refractivity contribution in [2.24, 2.45) is 0 Å². The van der Waals surface area contributed by atoms with E-state index in [9.17, 15) is 21.6 Å². The molecule has 2 heterocycles. The zero-order valence-electron chi connectivity index (χ0n) is 17.7. The summed E-state index contributed by atoms with van der Waals surface area (Å²) in [6, 6.07) is 4.01. The number of anilines is 1. The highest BCUT2D eigenvalue weighted by atomic mass is 32.2. The van der Waals surface area contributed by atoms with Crippen LogP contribution in [0.15, 0.2) is 23.1 Å². The van der Waals surface area contributed by atoms with Crippen molar-refractivity contribution in [2.75, 3.05) is 43.4 Å². The normalized spacial score (nSPS) is 19.8. The standard InChI is InChI=1S/C19H29N3O7S2/c1-3-29-19(23)21-11-8-15(9-12-21)20-31(26,27)18-14-16(6-7-17(18)28-2)22-10-4-5-13-30(22,24)25/h6-7,14-15,20H,3-5,8-13H2,1-2H3. The minimum Gasteiger partial charge on any atom is -0.495 e. The summed E-state index contributed by atoms with van der Waals surface area (Å²) in [4.78, 5) is 13.3. The number of methoxy groups -OCH3 is 1. The highest BCUT2D eigenvalue weighted by Crippen LogP contribution is 2.32. The van der Waals surface area contributed by atoms with Crippen LogP contribution in [0.25, 0.3) is 0 Å². The van der Waals surface area contributed by atoms with Crippen LogP contribution in [0.3, 0.4) is 0 Å². The summed E-state index contributed by atoms with van der Waals surface area (Å²) < 4.78 is 65.3. The quantitative estimate of drug-likeness (QED) is 0.662. The Morgan fingerprint density at radius 3 is 2.52 bits per heavy atom. The summed E-state index contributed by atoms with van der Waals surface area (Å²) in [5, 5.41) is 0. The molecule has 1 amide bonds. The third kappa shape index (κ3) is 5.42. The molecule has 0 radical (unpaired) electrons. The lowest BCUT2D eigenvalue weighted by Gasteiger charge is -2.32. The van der Waals surface area contributed by atoms with Crippen LogP contribution < -0.4 is 13.8 Å². The van der Waals surface area contributed by atoms with Crippen molar-refractivity contribution in [1.82, 2.24) is 9.62 Å². The second-order valence-corrected chi connectivity index (χ2v) is 11.2. The largest absolute Gasteiger partial charge is 0.495 e. The van der Waals surface area contributed by atoms with E-state index in [1.54, 1.807) is 17.9 Å². The van der Waals surface area contributed by atoms with Crippen molar-refractivity contribution >= 4 is 31.8 Å². The van der Waals surface area contributed by atoms with Crippen molar-refractivity contribution in [1.29, 1.82) is 0 Å². The molecule has 0 atom stereocenters. The monoisotopic (exact) mass is 475 g/mol. The lowest BCUT2D eigenvalue weighted by Crippen LogP contribution is -2.46. The molecule has 0 unspecified atom stereocenters. The maximum absolute atomic E-state index is 13.1. The summed E-state index contributed by atoms with van der Waals surface area (Å²) in [7, 11) is -6.09. The van der Waals surface area contributed by atoms with Gasteiger partial charge in [-0.05, 0) is 50.8 Å². The highest BCUT2D eigenvalue weighted by molar-refractivity contribution is 7.92. The van der Waals surface area contributed by atoms with Gasteiger partial charge in [-0.3, -0.25) is 4.31 Å². The lowest BCUT2D eigenvalue weighted by atomic mass is 10.1. The maximum Gasteiger partial charge on any atom is 0.409 e. The van der Waals surface area contributed by atoms with Gasteiger partial charge in [0.05, 0.1) is 25.2 Å². The fourth-order valence-electron chi connectivity index (χ4n) is 3.79. The molecule has 1 N–H and O–H groups in total. The molecule has 1 aromatic carbocycles. The van der Waals surface area contributed by atoms with E-state index in [2.05, 4.69) is 4.72 Å². The Morgan fingerprint density at radius 1 is 1.19 bits per heavy atom. The molecule has 0 saturated carbocycles. The van der Waals surface area contributed by atoms with Crippen LogP contribution in [0.2, 0.25) is 0 Å². The predicted octanol–water partition coefficient (Wildman–Crippen LogP) is 1.52. The van der Waals surface area contributed by atoms with E-state index in [0.29, 0.717) is 51.0 Å². The van der Waals surface area contributed by atoms with E-state index in [1.807, 2.05) is 0 Å². The topological polar surface area (TPSA) is 122 Å². The van der Waals surface area contributed by atoms with E-state index in [1.165, 1.54) is 23.5 Å². The summed E-state index contributed by atoms with van der Waals surface area (Å²) in [6.45, 7) is 3.10. The van der Waals surface area contributed by atoms with Crippen LogP contribution in [-0.4, -0.2) is 73.0 Å². The van der Waals surface area contributed by atoms with Crippen LogP contribution in [0.1, 0.15) is 32.6 Å². The van der Waals surface area contributed by atoms with Crippen molar-refractivity contribution in [2.45, 2.75) is 43.5 Å². The molecule has 1 aromatic rings. The summed E-state index contributed by atoms with van der Waals surface area (Å²) in [6.07, 6.45) is 1.79. The predicted molar refractivity (Wildman–Crippen MR) is 115 cm³/mol. The Morgan fingerprint density at radius 2 is 1.90 bits per heavy atom. The molecule has 174 valence electrons. The summed E-state index contributed by atoms with van der Waals surface area (Å²) in [5.74, 6) is 0.174. The number of ether oxygens (including phenoxy) is 2. The first-order valence-corrected chi connectivity index (χ1v) is 13.4. The Hall–Kier alpha value is -2.05. The third-order valence-electron chi connectivity index (χ3n) is 5.42. The number of hydrogen-bond acceptors (Lipinski definition) is 7. The van der Waals surface area contributed by atoms with Crippen LogP contribution >= 0.6 is 0 Å². The van der Waals surface area contributed by atoms with Crippen molar-refractivity contribution in [3.05, 3.63) is 18.2 Å². The first-order valence-electron chi connectivity index (χ1n) is 10.3. The second kappa shape index (κ2) is 9.61. The van der Waals surface area contributed by atoms with Crippen LogP contribution in [0, 0.1) is 0 Å². The van der Waals surface area contributed by atoms with Gasteiger partial charge in [-0.15, -0.1) is 0 Å². The fourth-order valence-corrected chi connectivity index (χ4v) is 6.91. The minimum absolute atomic E-state index is 0.0401. The number of hydrogen-bond donors (Lipinski definition) is 1. The maximum atomic E-state index is 13.1. The van der Waals surface area contributed by atoms with Crippen molar-refractivity contribution < 1.29 is 31.1 Å². The van der Waals surface area contributed by atoms with Gasteiger partial charge in [0.1, 0.15) is 10.6 Å². The number of nitrogens with one attached hydrogen (secondary N) is 1. The lowest BCUT2D eigenvalue weighted by molar-refractivity contribution is 0.0966. The third-order valence-corrected chi connectivity index (χ3v) is 8.83. The molecular formula is C19H29N3O7S2. The van der Waals surface area contributed by atoms with E-state index < -0.39 is 26.1 Å². The molecule has 31 heavy (non-hydrogen) atoms. The van der Waals surface area contributed by atoms with Crippen molar-refractivity contribution in [3.63, 3.8) is 0 Å². The van der Waals surface area contributed by atoms with Gasteiger partial charge in [-0.25, -0.2) is 26.4 Å². The zero-order valence-corrected chi connectivity index (χ0v) is 19.4. The van der Waals surface area contributed by atoms with Gasteiger partial charge in [0.2, 0.25) is 20.0 Å². The molecule has 2 fully saturated rings. The molecule has 2 saturated heterocycles. The Kier molecular flexibility index (Phi) is 7.32. The van der Waals surface area contributed by atoms with Gasteiger partial charge >= 0.3 is 6.09 Å². The molecule has 0 aromatic heterocycles. The molecule has 0 bridgehead atoms. The number of piperidine rings is 1. The molecule has 2 aliphatic rings. The smallest absolute Gasteiger partial charge is 0.409 e. The Balaban J connectivity index is 1.78. The number of benzene rings is 1. The van der Waals surface area contributed by atoms with Gasteiger partial charge in [0.15, 0.2) is 0 Å². The minimum atomic E-state index is -3.98. The first-order chi connectivity index (χ1) is 14.7. The molecule has 0 spiro atoms. The number of likely N-dealkylation sites (tertiary alicyclic amines) is 1. The van der Waals surface area contributed by atoms with Crippen LogP contribution in [-0.2, 0) is 24.8 Å². The molecule has 0 aliphatic carbocycles. The number of carbonyl (C=O) groups excluding carboxylic acids is 1. The van der Waals surface area contributed by atoms with E-state index in [0.717, 1.165) is 0 Å². The number of sulfonamides is 2. The molecule has 10 nitrogen and oxygen atoms in total. The van der Waals surface area contributed by atoms with Gasteiger partial charge in [0, 0.05) is 25.7 Å². The Bertz CT molecular complexity index is 1000. The molecule has 2 aliphatic heterocycles. The highest BCUT2D eigenvalue weighted by Gasteiger charge is 2.31. The van der Waals surface area contributed by atoms with Gasteiger partial charge < -0.3 is 14.4 Å². The summed E-state index contributed by atoms with van der Waals surface area (Å²) in [5.41, 5.74) is 0.304. The van der Waals surface area contributed by atoms with Crippen LogP contribution in [0.4, 0.5) is 10.5 Å². The van der Waals surface area contributed by atoms with E-state index in [-0.39, 0.29) is 29.0 Å². The van der Waals surface area contributed by atoms with Gasteiger partial charge in [-0.2, -0.15) is 0 Å². The number of carbonyl (C=O) groups is 1. The number of amides is 1. The van der Waals surface area contributed by atoms with Crippen molar-refractivity contribution in [3.8, 4) is 5.75 Å². The summed E-state index contributed by atoms with van der Waals surface area (Å²) >= 11 is 0. The molecular weight excluding hydrogens is 446 g/mol. The van der Waals surface area contributed by atoms with E-state index in [4.69, 9.17) is 9.47 Å². The van der Waals surface area contributed by atoms with Gasteiger partial charge in [-0.1, -0.05) is 0 Å². The molecule has 12 heteroatoms. The second-order valence-electron chi connectivity index (χ2n) is 7.51.